The molecule has 0 unspecified atom stereocenters. The van der Waals surface area contributed by atoms with E-state index in [4.69, 9.17) is 9.47 Å². The van der Waals surface area contributed by atoms with Gasteiger partial charge < -0.3 is 14.2 Å². The number of carbonyl (C=O) groups is 1. The monoisotopic (exact) mass is 497 g/mol. The molecular formula is C26H34ClF2NO4. The third-order valence-electron chi connectivity index (χ3n) is 5.89. The number of hydrogen-bond donors (Lipinski definition) is 0. The molecule has 0 aliphatic carbocycles. The number of carbonyl (C=O) groups excluding carboxylic acids is 1. The Morgan fingerprint density at radius 2 is 1.88 bits per heavy atom. The summed E-state index contributed by atoms with van der Waals surface area (Å²) in [4.78, 5) is 14.1. The number of halogens is 3. The maximum absolute atomic E-state index is 12.5. The minimum Gasteiger partial charge on any atom is -0.493 e. The Morgan fingerprint density at radius 1 is 1.12 bits per heavy atom. The van der Waals surface area contributed by atoms with Crippen molar-refractivity contribution in [3.63, 3.8) is 0 Å². The van der Waals surface area contributed by atoms with Crippen LogP contribution in [0, 0.1) is 5.92 Å². The summed E-state index contributed by atoms with van der Waals surface area (Å²) < 4.78 is 41.1. The molecule has 1 aliphatic heterocycles. The number of likely N-dealkylation sites (tertiary alicyclic amines) is 1. The molecule has 34 heavy (non-hydrogen) atoms. The normalized spacial score (nSPS) is 18.1. The summed E-state index contributed by atoms with van der Waals surface area (Å²) >= 11 is 0. The highest BCUT2D eigenvalue weighted by atomic mass is 35.5. The van der Waals surface area contributed by atoms with Gasteiger partial charge in [-0.05, 0) is 55.6 Å². The minimum absolute atomic E-state index is 0. The molecule has 1 fully saturated rings. The topological polar surface area (TPSA) is 48.0 Å². The number of para-hydroxylation sites is 1. The summed E-state index contributed by atoms with van der Waals surface area (Å²) in [6, 6.07) is 15.0. The third-order valence-corrected chi connectivity index (χ3v) is 5.89. The summed E-state index contributed by atoms with van der Waals surface area (Å²) in [5, 5.41) is 0. The van der Waals surface area contributed by atoms with Crippen molar-refractivity contribution < 1.29 is 27.8 Å². The molecule has 2 aromatic rings. The number of rotatable bonds is 11. The lowest BCUT2D eigenvalue weighted by atomic mass is 10.0. The molecule has 3 rings (SSSR count). The van der Waals surface area contributed by atoms with Crippen LogP contribution in [0.3, 0.4) is 0 Å². The zero-order valence-electron chi connectivity index (χ0n) is 19.9. The molecule has 1 saturated heterocycles. The molecule has 0 radical (unpaired) electrons. The predicted octanol–water partition coefficient (Wildman–Crippen LogP) is 5.54. The van der Waals surface area contributed by atoms with Crippen LogP contribution < -0.4 is 9.47 Å². The zero-order chi connectivity index (χ0) is 23.8. The van der Waals surface area contributed by atoms with Crippen LogP contribution in [0.15, 0.2) is 48.5 Å². The van der Waals surface area contributed by atoms with Crippen molar-refractivity contribution in [2.24, 2.45) is 5.92 Å². The quantitative estimate of drug-likeness (QED) is 0.382. The van der Waals surface area contributed by atoms with E-state index in [2.05, 4.69) is 9.64 Å². The molecular weight excluding hydrogens is 464 g/mol. The van der Waals surface area contributed by atoms with Crippen LogP contribution >= 0.6 is 12.4 Å². The van der Waals surface area contributed by atoms with Crippen LogP contribution in [-0.4, -0.2) is 49.8 Å². The SMILES string of the molecule is CC(C)C(=O)O[C@@H]1C[C@@H](CCOc2ccccc2CCc2cccc(OC(F)F)c2)N(C)C1.Cl. The Labute approximate surface area is 206 Å². The summed E-state index contributed by atoms with van der Waals surface area (Å²) in [6.45, 7) is 2.17. The van der Waals surface area contributed by atoms with Crippen molar-refractivity contribution in [1.29, 1.82) is 0 Å². The van der Waals surface area contributed by atoms with Crippen LogP contribution in [0.1, 0.15) is 37.8 Å². The summed E-state index contributed by atoms with van der Waals surface area (Å²) in [5.41, 5.74) is 2.00. The van der Waals surface area contributed by atoms with Crippen LogP contribution in [0.25, 0.3) is 0 Å². The predicted molar refractivity (Wildman–Crippen MR) is 130 cm³/mol. The molecule has 0 aromatic heterocycles. The summed E-state index contributed by atoms with van der Waals surface area (Å²) in [5.74, 6) is 0.741. The van der Waals surface area contributed by atoms with E-state index in [0.717, 1.165) is 42.7 Å². The highest BCUT2D eigenvalue weighted by molar-refractivity contribution is 5.85. The van der Waals surface area contributed by atoms with Gasteiger partial charge >= 0.3 is 12.6 Å². The smallest absolute Gasteiger partial charge is 0.387 e. The average Bonchev–Trinajstić information content (AvgIpc) is 3.11. The number of esters is 1. The molecule has 2 atom stereocenters. The first-order chi connectivity index (χ1) is 15.8. The van der Waals surface area contributed by atoms with Crippen molar-refractivity contribution in [3.05, 3.63) is 59.7 Å². The standard InChI is InChI=1S/C26H33F2NO4.ClH/c1-18(2)25(30)32-23-16-21(29(3)17-23)13-14-31-24-10-5-4-8-20(24)12-11-19-7-6-9-22(15-19)33-26(27)28;/h4-10,15,18,21,23,26H,11-14,16-17H2,1-3H3;1H/t21-,23-;/m1./s1. The minimum atomic E-state index is -2.83. The van der Waals surface area contributed by atoms with Gasteiger partial charge in [0.2, 0.25) is 0 Å². The zero-order valence-corrected chi connectivity index (χ0v) is 20.7. The maximum Gasteiger partial charge on any atom is 0.387 e. The lowest BCUT2D eigenvalue weighted by molar-refractivity contribution is -0.152. The third kappa shape index (κ3) is 8.44. The summed E-state index contributed by atoms with van der Waals surface area (Å²) in [7, 11) is 2.05. The molecule has 0 spiro atoms. The van der Waals surface area contributed by atoms with Gasteiger partial charge in [-0.25, -0.2) is 0 Å². The molecule has 0 amide bonds. The fourth-order valence-corrected chi connectivity index (χ4v) is 4.06. The molecule has 1 aliphatic rings. The lowest BCUT2D eigenvalue weighted by Crippen LogP contribution is -2.27. The van der Waals surface area contributed by atoms with Gasteiger partial charge in [-0.1, -0.05) is 44.2 Å². The van der Waals surface area contributed by atoms with Crippen molar-refractivity contribution in [1.82, 2.24) is 4.90 Å². The van der Waals surface area contributed by atoms with Gasteiger partial charge in [0.25, 0.3) is 0 Å². The van der Waals surface area contributed by atoms with Gasteiger partial charge in [0.1, 0.15) is 17.6 Å². The van der Waals surface area contributed by atoms with Gasteiger partial charge in [0.05, 0.1) is 12.5 Å². The molecule has 0 N–H and O–H groups in total. The van der Waals surface area contributed by atoms with Crippen LogP contribution in [-0.2, 0) is 22.4 Å². The van der Waals surface area contributed by atoms with E-state index in [0.29, 0.717) is 19.1 Å². The highest BCUT2D eigenvalue weighted by Crippen LogP contribution is 2.25. The lowest BCUT2D eigenvalue weighted by Gasteiger charge is -2.19. The second-order valence-corrected chi connectivity index (χ2v) is 8.81. The fraction of sp³-hybridized carbons (Fsp3) is 0.500. The fourth-order valence-electron chi connectivity index (χ4n) is 4.06. The maximum atomic E-state index is 12.5. The molecule has 0 saturated carbocycles. The Hall–Kier alpha value is -2.38. The number of ether oxygens (including phenoxy) is 3. The van der Waals surface area contributed by atoms with Crippen LogP contribution in [0.5, 0.6) is 11.5 Å². The number of hydrogen-bond acceptors (Lipinski definition) is 5. The van der Waals surface area contributed by atoms with Crippen molar-refractivity contribution >= 4 is 18.4 Å². The first-order valence-corrected chi connectivity index (χ1v) is 11.5. The summed E-state index contributed by atoms with van der Waals surface area (Å²) in [6.07, 6.45) is 3.01. The number of aryl methyl sites for hydroxylation is 2. The number of nitrogens with zero attached hydrogens (tertiary/aromatic N) is 1. The molecule has 188 valence electrons. The van der Waals surface area contributed by atoms with E-state index in [-0.39, 0.29) is 36.1 Å². The Bertz CT molecular complexity index is 912. The van der Waals surface area contributed by atoms with E-state index in [9.17, 15) is 13.6 Å². The second kappa shape index (κ2) is 13.5. The number of alkyl halides is 2. The van der Waals surface area contributed by atoms with E-state index >= 15 is 0 Å². The van der Waals surface area contributed by atoms with Gasteiger partial charge in [-0.2, -0.15) is 8.78 Å². The molecule has 1 heterocycles. The first-order valence-electron chi connectivity index (χ1n) is 11.5. The van der Waals surface area contributed by atoms with Crippen molar-refractivity contribution in [2.45, 2.75) is 58.3 Å². The van der Waals surface area contributed by atoms with E-state index in [1.807, 2.05) is 51.2 Å². The van der Waals surface area contributed by atoms with Gasteiger partial charge in [0.15, 0.2) is 0 Å². The van der Waals surface area contributed by atoms with E-state index in [1.54, 1.807) is 12.1 Å². The van der Waals surface area contributed by atoms with Crippen LogP contribution in [0.2, 0.25) is 0 Å². The average molecular weight is 498 g/mol. The van der Waals surface area contributed by atoms with E-state index < -0.39 is 6.61 Å². The first kappa shape index (κ1) is 27.9. The molecule has 2 aromatic carbocycles. The number of benzene rings is 2. The van der Waals surface area contributed by atoms with Gasteiger partial charge in [-0.3, -0.25) is 9.69 Å². The second-order valence-electron chi connectivity index (χ2n) is 8.81. The van der Waals surface area contributed by atoms with Gasteiger partial charge in [0, 0.05) is 19.0 Å². The Morgan fingerprint density at radius 3 is 2.62 bits per heavy atom. The van der Waals surface area contributed by atoms with E-state index in [1.165, 1.54) is 6.07 Å². The Kier molecular flexibility index (Phi) is 11.1. The van der Waals surface area contributed by atoms with Crippen molar-refractivity contribution in [2.75, 3.05) is 20.2 Å². The largest absolute Gasteiger partial charge is 0.493 e. The van der Waals surface area contributed by atoms with Crippen LogP contribution in [0.4, 0.5) is 8.78 Å². The highest BCUT2D eigenvalue weighted by Gasteiger charge is 2.32. The molecule has 0 bridgehead atoms. The molecule has 8 heteroatoms. The molecule has 5 nitrogen and oxygen atoms in total. The van der Waals surface area contributed by atoms with Crippen molar-refractivity contribution in [3.8, 4) is 11.5 Å². The Balaban J connectivity index is 0.00000408. The van der Waals surface area contributed by atoms with Gasteiger partial charge in [-0.15, -0.1) is 12.4 Å². The number of likely N-dealkylation sites (N-methyl/N-ethyl adjacent to an activating group) is 1.